The lowest BCUT2D eigenvalue weighted by atomic mass is 9.87. The molecule has 1 aromatic rings. The second-order valence-electron chi connectivity index (χ2n) is 5.27. The Kier molecular flexibility index (Phi) is 2.47. The molecule has 0 saturated heterocycles. The van der Waals surface area contributed by atoms with E-state index in [-0.39, 0.29) is 16.5 Å². The van der Waals surface area contributed by atoms with Gasteiger partial charge in [0.2, 0.25) is 0 Å². The molecule has 17 heavy (non-hydrogen) atoms. The van der Waals surface area contributed by atoms with Crippen molar-refractivity contribution in [3.63, 3.8) is 0 Å². The lowest BCUT2D eigenvalue weighted by Crippen LogP contribution is -2.26. The normalized spacial score (nSPS) is 25.6. The number of nitro benzene ring substituents is 1. The van der Waals surface area contributed by atoms with E-state index in [0.29, 0.717) is 12.1 Å². The van der Waals surface area contributed by atoms with Crippen LogP contribution in [0.4, 0.5) is 10.1 Å². The Morgan fingerprint density at radius 1 is 1.53 bits per heavy atom. The van der Waals surface area contributed by atoms with E-state index in [1.165, 1.54) is 12.1 Å². The largest absolute Gasteiger partial charge is 0.330 e. The third kappa shape index (κ3) is 1.61. The minimum Gasteiger partial charge on any atom is -0.330 e. The third-order valence-electron chi connectivity index (χ3n) is 3.94. The second-order valence-corrected chi connectivity index (χ2v) is 5.27. The van der Waals surface area contributed by atoms with Crippen molar-refractivity contribution < 1.29 is 9.31 Å². The molecule has 1 aromatic carbocycles. The number of rotatable bonds is 3. The molecule has 4 nitrogen and oxygen atoms in total. The maximum atomic E-state index is 13.9. The van der Waals surface area contributed by atoms with E-state index in [9.17, 15) is 14.5 Å². The van der Waals surface area contributed by atoms with Crippen LogP contribution in [0.2, 0.25) is 0 Å². The molecule has 1 atom stereocenters. The van der Waals surface area contributed by atoms with Crippen molar-refractivity contribution in [1.82, 2.24) is 0 Å². The minimum atomic E-state index is -0.597. The summed E-state index contributed by atoms with van der Waals surface area (Å²) >= 11 is 0. The molecule has 1 saturated carbocycles. The van der Waals surface area contributed by atoms with Gasteiger partial charge in [0.25, 0.3) is 5.69 Å². The number of non-ortho nitro benzene ring substituents is 1. The molecule has 1 unspecified atom stereocenters. The molecular formula is C12H15FN2O2. The van der Waals surface area contributed by atoms with E-state index in [4.69, 9.17) is 5.73 Å². The van der Waals surface area contributed by atoms with Crippen LogP contribution in [0.5, 0.6) is 0 Å². The number of nitrogens with two attached hydrogens (primary N) is 1. The Morgan fingerprint density at radius 2 is 2.12 bits per heavy atom. The average molecular weight is 238 g/mol. The van der Waals surface area contributed by atoms with Gasteiger partial charge in [-0.25, -0.2) is 4.39 Å². The van der Waals surface area contributed by atoms with Crippen molar-refractivity contribution in [3.8, 4) is 0 Å². The van der Waals surface area contributed by atoms with Crippen LogP contribution < -0.4 is 5.73 Å². The maximum absolute atomic E-state index is 13.9. The Hall–Kier alpha value is -1.49. The van der Waals surface area contributed by atoms with Crippen LogP contribution in [0, 0.1) is 21.3 Å². The lowest BCUT2D eigenvalue weighted by Gasteiger charge is -2.19. The molecule has 1 aliphatic rings. The summed E-state index contributed by atoms with van der Waals surface area (Å²) in [6.45, 7) is 4.41. The first-order valence-corrected chi connectivity index (χ1v) is 5.48. The molecule has 2 rings (SSSR count). The van der Waals surface area contributed by atoms with Gasteiger partial charge in [-0.3, -0.25) is 10.1 Å². The van der Waals surface area contributed by atoms with Crippen LogP contribution >= 0.6 is 0 Å². The zero-order valence-electron chi connectivity index (χ0n) is 9.87. The minimum absolute atomic E-state index is 0.0429. The molecule has 0 heterocycles. The number of hydrogen-bond acceptors (Lipinski definition) is 3. The van der Waals surface area contributed by atoms with E-state index in [1.54, 1.807) is 0 Å². The number of nitrogens with zero attached hydrogens (tertiary/aromatic N) is 1. The molecule has 0 aliphatic heterocycles. The number of hydrogen-bond donors (Lipinski definition) is 1. The highest BCUT2D eigenvalue weighted by atomic mass is 19.1. The Balaban J connectivity index is 2.45. The maximum Gasteiger partial charge on any atom is 0.272 e. The molecule has 0 bridgehead atoms. The second kappa shape index (κ2) is 3.50. The third-order valence-corrected chi connectivity index (χ3v) is 3.94. The summed E-state index contributed by atoms with van der Waals surface area (Å²) in [6, 6.07) is 3.81. The highest BCUT2D eigenvalue weighted by Crippen LogP contribution is 2.64. The van der Waals surface area contributed by atoms with Gasteiger partial charge < -0.3 is 5.73 Å². The van der Waals surface area contributed by atoms with Crippen LogP contribution in [0.15, 0.2) is 18.2 Å². The molecule has 1 fully saturated rings. The van der Waals surface area contributed by atoms with Gasteiger partial charge in [0.1, 0.15) is 5.82 Å². The van der Waals surface area contributed by atoms with Crippen LogP contribution in [0.1, 0.15) is 25.8 Å². The summed E-state index contributed by atoms with van der Waals surface area (Å²) < 4.78 is 13.9. The van der Waals surface area contributed by atoms with Crippen molar-refractivity contribution in [2.75, 3.05) is 6.54 Å². The van der Waals surface area contributed by atoms with Gasteiger partial charge in [0.05, 0.1) is 11.0 Å². The SMILES string of the molecule is CC1(C)CC1(CN)c1ccc([N+](=O)[O-])cc1F. The fourth-order valence-corrected chi connectivity index (χ4v) is 2.63. The molecule has 0 amide bonds. The van der Waals surface area contributed by atoms with Gasteiger partial charge in [-0.15, -0.1) is 0 Å². The van der Waals surface area contributed by atoms with Crippen LogP contribution in [0.3, 0.4) is 0 Å². The fourth-order valence-electron chi connectivity index (χ4n) is 2.63. The zero-order chi connectivity index (χ0) is 12.8. The monoisotopic (exact) mass is 238 g/mol. The molecule has 0 spiro atoms. The van der Waals surface area contributed by atoms with Crippen molar-refractivity contribution in [2.45, 2.75) is 25.7 Å². The zero-order valence-corrected chi connectivity index (χ0v) is 9.87. The molecule has 2 N–H and O–H groups in total. The predicted molar refractivity (Wildman–Crippen MR) is 62.2 cm³/mol. The number of nitro groups is 1. The van der Waals surface area contributed by atoms with Crippen molar-refractivity contribution in [1.29, 1.82) is 0 Å². The standard InChI is InChI=1S/C12H15FN2O2/c1-11(2)6-12(11,7-14)9-4-3-8(15(16)17)5-10(9)13/h3-5H,6-7,14H2,1-2H3. The van der Waals surface area contributed by atoms with Gasteiger partial charge >= 0.3 is 0 Å². The topological polar surface area (TPSA) is 69.2 Å². The predicted octanol–water partition coefficient (Wildman–Crippen LogP) is 2.36. The first kappa shape index (κ1) is 12.0. The Bertz CT molecular complexity index is 487. The molecule has 5 heteroatoms. The van der Waals surface area contributed by atoms with Crippen molar-refractivity contribution >= 4 is 5.69 Å². The number of halogens is 1. The quantitative estimate of drug-likeness (QED) is 0.649. The van der Waals surface area contributed by atoms with Gasteiger partial charge in [-0.2, -0.15) is 0 Å². The first-order chi connectivity index (χ1) is 7.84. The summed E-state index contributed by atoms with van der Waals surface area (Å²) in [6.07, 6.45) is 0.811. The number of benzene rings is 1. The van der Waals surface area contributed by atoms with E-state index >= 15 is 0 Å². The Morgan fingerprint density at radius 3 is 2.47 bits per heavy atom. The molecule has 0 radical (unpaired) electrons. The van der Waals surface area contributed by atoms with E-state index < -0.39 is 10.7 Å². The molecular weight excluding hydrogens is 223 g/mol. The molecule has 1 aliphatic carbocycles. The van der Waals surface area contributed by atoms with Crippen molar-refractivity contribution in [3.05, 3.63) is 39.7 Å². The summed E-state index contributed by atoms with van der Waals surface area (Å²) in [4.78, 5) is 9.94. The highest BCUT2D eigenvalue weighted by Gasteiger charge is 2.62. The van der Waals surface area contributed by atoms with E-state index in [1.807, 2.05) is 13.8 Å². The smallest absolute Gasteiger partial charge is 0.272 e. The summed E-state index contributed by atoms with van der Waals surface area (Å²) in [5.74, 6) is -0.532. The van der Waals surface area contributed by atoms with Crippen molar-refractivity contribution in [2.24, 2.45) is 11.1 Å². The summed E-state index contributed by atoms with van der Waals surface area (Å²) in [7, 11) is 0. The van der Waals surface area contributed by atoms with Gasteiger partial charge in [-0.1, -0.05) is 13.8 Å². The fraction of sp³-hybridized carbons (Fsp3) is 0.500. The summed E-state index contributed by atoms with van der Waals surface area (Å²) in [5, 5.41) is 10.5. The van der Waals surface area contributed by atoms with Gasteiger partial charge in [0.15, 0.2) is 0 Å². The molecule has 0 aromatic heterocycles. The van der Waals surface area contributed by atoms with Gasteiger partial charge in [0, 0.05) is 18.0 Å². The van der Waals surface area contributed by atoms with Crippen LogP contribution in [-0.2, 0) is 5.41 Å². The van der Waals surface area contributed by atoms with E-state index in [2.05, 4.69) is 0 Å². The van der Waals surface area contributed by atoms with E-state index in [0.717, 1.165) is 12.5 Å². The molecule has 92 valence electrons. The highest BCUT2D eigenvalue weighted by molar-refractivity contribution is 5.43. The van der Waals surface area contributed by atoms with Crippen LogP contribution in [0.25, 0.3) is 0 Å². The average Bonchev–Trinajstić information content (AvgIpc) is 2.81. The summed E-state index contributed by atoms with van der Waals surface area (Å²) in [5.41, 5.74) is 5.60. The van der Waals surface area contributed by atoms with Crippen LogP contribution in [-0.4, -0.2) is 11.5 Å². The van der Waals surface area contributed by atoms with Gasteiger partial charge in [-0.05, 0) is 23.5 Å². The lowest BCUT2D eigenvalue weighted by molar-refractivity contribution is -0.385. The Labute approximate surface area is 98.8 Å². The first-order valence-electron chi connectivity index (χ1n) is 5.48.